The predicted molar refractivity (Wildman–Crippen MR) is 133 cm³/mol. The Balaban J connectivity index is 1.30. The lowest BCUT2D eigenvalue weighted by Crippen LogP contribution is -2.44. The minimum atomic E-state index is -3.20. The standard InChI is InChI=1S/C25H30N6O3S/c1-4-35(33,34)22-7-5-21(6-8-22)30-13-11-20(12-14-30)29-24(32)10-9-23-17(2)28-25-19(15-26)16-27-31(25)18(23)3/h5-8,16,20H,4,9-14H2,1-3H3,(H,29,32). The Kier molecular flexibility index (Phi) is 7.08. The van der Waals surface area contributed by atoms with E-state index in [4.69, 9.17) is 0 Å². The highest BCUT2D eigenvalue weighted by Gasteiger charge is 2.22. The number of rotatable bonds is 7. The van der Waals surface area contributed by atoms with Crippen LogP contribution < -0.4 is 10.2 Å². The average Bonchev–Trinajstić information content (AvgIpc) is 3.27. The quantitative estimate of drug-likeness (QED) is 0.536. The Hall–Kier alpha value is -3.45. The molecule has 184 valence electrons. The number of nitriles is 1. The first-order chi connectivity index (χ1) is 16.7. The molecular formula is C25H30N6O3S. The number of nitrogens with zero attached hydrogens (tertiary/aromatic N) is 5. The highest BCUT2D eigenvalue weighted by atomic mass is 32.2. The number of aromatic nitrogens is 3. The maximum atomic E-state index is 12.7. The molecule has 1 fully saturated rings. The SMILES string of the molecule is CCS(=O)(=O)c1ccc(N2CCC(NC(=O)CCc3c(C)nc4c(C#N)cnn4c3C)CC2)cc1. The molecular weight excluding hydrogens is 464 g/mol. The maximum Gasteiger partial charge on any atom is 0.220 e. The number of sulfone groups is 1. The zero-order valence-electron chi connectivity index (χ0n) is 20.3. The van der Waals surface area contributed by atoms with Crippen molar-refractivity contribution >= 4 is 27.1 Å². The van der Waals surface area contributed by atoms with Crippen molar-refractivity contribution in [3.8, 4) is 6.07 Å². The summed E-state index contributed by atoms with van der Waals surface area (Å²) in [5.41, 5.74) is 4.66. The van der Waals surface area contributed by atoms with Gasteiger partial charge in [0.15, 0.2) is 15.5 Å². The van der Waals surface area contributed by atoms with E-state index in [0.29, 0.717) is 28.9 Å². The van der Waals surface area contributed by atoms with Crippen LogP contribution in [0.5, 0.6) is 0 Å². The first kappa shape index (κ1) is 24.7. The fourth-order valence-electron chi connectivity index (χ4n) is 4.60. The van der Waals surface area contributed by atoms with Crippen molar-refractivity contribution in [3.05, 3.63) is 53.0 Å². The number of benzene rings is 1. The first-order valence-electron chi connectivity index (χ1n) is 11.8. The van der Waals surface area contributed by atoms with Gasteiger partial charge < -0.3 is 10.2 Å². The van der Waals surface area contributed by atoms with Gasteiger partial charge in [-0.3, -0.25) is 4.79 Å². The Morgan fingerprint density at radius 2 is 1.89 bits per heavy atom. The van der Waals surface area contributed by atoms with E-state index in [1.807, 2.05) is 26.0 Å². The fourth-order valence-corrected chi connectivity index (χ4v) is 5.49. The zero-order valence-corrected chi connectivity index (χ0v) is 21.1. The summed E-state index contributed by atoms with van der Waals surface area (Å²) in [4.78, 5) is 19.8. The molecule has 0 radical (unpaired) electrons. The third-order valence-electron chi connectivity index (χ3n) is 6.73. The summed E-state index contributed by atoms with van der Waals surface area (Å²) in [6, 6.07) is 9.28. The van der Waals surface area contributed by atoms with E-state index < -0.39 is 9.84 Å². The molecule has 3 aromatic rings. The highest BCUT2D eigenvalue weighted by Crippen LogP contribution is 2.23. The largest absolute Gasteiger partial charge is 0.371 e. The molecule has 35 heavy (non-hydrogen) atoms. The van der Waals surface area contributed by atoms with Gasteiger partial charge in [0, 0.05) is 42.6 Å². The van der Waals surface area contributed by atoms with Gasteiger partial charge in [0.1, 0.15) is 11.6 Å². The normalized spacial score (nSPS) is 14.7. The van der Waals surface area contributed by atoms with Gasteiger partial charge in [-0.05, 0) is 62.9 Å². The Morgan fingerprint density at radius 1 is 1.20 bits per heavy atom. The fraction of sp³-hybridized carbons (Fsp3) is 0.440. The summed E-state index contributed by atoms with van der Waals surface area (Å²) in [5, 5.41) is 16.6. The zero-order chi connectivity index (χ0) is 25.2. The van der Waals surface area contributed by atoms with Gasteiger partial charge in [0.25, 0.3) is 0 Å². The van der Waals surface area contributed by atoms with Crippen molar-refractivity contribution in [3.63, 3.8) is 0 Å². The number of aryl methyl sites for hydroxylation is 2. The Morgan fingerprint density at radius 3 is 2.51 bits per heavy atom. The molecule has 2 aromatic heterocycles. The van der Waals surface area contributed by atoms with E-state index in [9.17, 15) is 18.5 Å². The second-order valence-corrected chi connectivity index (χ2v) is 11.2. The number of piperidine rings is 1. The van der Waals surface area contributed by atoms with E-state index in [1.165, 1.54) is 6.20 Å². The van der Waals surface area contributed by atoms with Gasteiger partial charge in [-0.1, -0.05) is 6.92 Å². The lowest BCUT2D eigenvalue weighted by Gasteiger charge is -2.34. The van der Waals surface area contributed by atoms with Crippen molar-refractivity contribution < 1.29 is 13.2 Å². The molecule has 0 saturated carbocycles. The summed E-state index contributed by atoms with van der Waals surface area (Å²) in [6.45, 7) is 7.07. The Bertz CT molecular complexity index is 1380. The molecule has 1 aromatic carbocycles. The molecule has 0 spiro atoms. The molecule has 9 nitrogen and oxygen atoms in total. The Labute approximate surface area is 205 Å². The van der Waals surface area contributed by atoms with E-state index in [0.717, 1.165) is 48.6 Å². The molecule has 1 aliphatic rings. The minimum Gasteiger partial charge on any atom is -0.371 e. The van der Waals surface area contributed by atoms with Crippen LogP contribution in [0.25, 0.3) is 5.65 Å². The van der Waals surface area contributed by atoms with E-state index in [1.54, 1.807) is 23.6 Å². The second kappa shape index (κ2) is 10.0. The molecule has 1 N–H and O–H groups in total. The number of hydrogen-bond acceptors (Lipinski definition) is 7. The van der Waals surface area contributed by atoms with Gasteiger partial charge in [0.2, 0.25) is 5.91 Å². The monoisotopic (exact) mass is 494 g/mol. The van der Waals surface area contributed by atoms with Crippen LogP contribution in [0.1, 0.15) is 48.7 Å². The molecule has 3 heterocycles. The summed E-state index contributed by atoms with van der Waals surface area (Å²) in [5.74, 6) is 0.0993. The first-order valence-corrected chi connectivity index (χ1v) is 13.5. The number of carbonyl (C=O) groups is 1. The smallest absolute Gasteiger partial charge is 0.220 e. The van der Waals surface area contributed by atoms with Crippen LogP contribution in [0, 0.1) is 25.2 Å². The molecule has 0 atom stereocenters. The van der Waals surface area contributed by atoms with Gasteiger partial charge in [-0.15, -0.1) is 0 Å². The minimum absolute atomic E-state index is 0.00894. The van der Waals surface area contributed by atoms with Crippen molar-refractivity contribution in [2.45, 2.75) is 57.4 Å². The average molecular weight is 495 g/mol. The molecule has 1 amide bonds. The van der Waals surface area contributed by atoms with Gasteiger partial charge >= 0.3 is 0 Å². The molecule has 4 rings (SSSR count). The number of nitrogens with one attached hydrogen (secondary N) is 1. The number of carbonyl (C=O) groups excluding carboxylic acids is 1. The number of fused-ring (bicyclic) bond motifs is 1. The van der Waals surface area contributed by atoms with Crippen LogP contribution in [-0.2, 0) is 21.1 Å². The van der Waals surface area contributed by atoms with Crippen molar-refractivity contribution in [2.75, 3.05) is 23.7 Å². The summed E-state index contributed by atoms with van der Waals surface area (Å²) < 4.78 is 25.7. The molecule has 0 unspecified atom stereocenters. The molecule has 1 saturated heterocycles. The molecule has 0 bridgehead atoms. The van der Waals surface area contributed by atoms with Gasteiger partial charge in [0.05, 0.1) is 16.8 Å². The lowest BCUT2D eigenvalue weighted by atomic mass is 10.0. The van der Waals surface area contributed by atoms with Crippen LogP contribution in [0.15, 0.2) is 35.4 Å². The summed E-state index contributed by atoms with van der Waals surface area (Å²) >= 11 is 0. The van der Waals surface area contributed by atoms with Crippen LogP contribution in [0.4, 0.5) is 5.69 Å². The van der Waals surface area contributed by atoms with Crippen LogP contribution in [0.2, 0.25) is 0 Å². The lowest BCUT2D eigenvalue weighted by molar-refractivity contribution is -0.121. The highest BCUT2D eigenvalue weighted by molar-refractivity contribution is 7.91. The van der Waals surface area contributed by atoms with E-state index >= 15 is 0 Å². The van der Waals surface area contributed by atoms with Crippen LogP contribution >= 0.6 is 0 Å². The maximum absolute atomic E-state index is 12.7. The van der Waals surface area contributed by atoms with Crippen molar-refractivity contribution in [1.29, 1.82) is 5.26 Å². The predicted octanol–water partition coefficient (Wildman–Crippen LogP) is 2.73. The second-order valence-electron chi connectivity index (χ2n) is 8.89. The number of hydrogen-bond donors (Lipinski definition) is 1. The van der Waals surface area contributed by atoms with Gasteiger partial charge in [-0.2, -0.15) is 10.4 Å². The van der Waals surface area contributed by atoms with Crippen molar-refractivity contribution in [1.82, 2.24) is 19.9 Å². The van der Waals surface area contributed by atoms with Crippen LogP contribution in [-0.4, -0.2) is 53.8 Å². The third-order valence-corrected chi connectivity index (χ3v) is 8.48. The van der Waals surface area contributed by atoms with Crippen molar-refractivity contribution in [2.24, 2.45) is 0 Å². The van der Waals surface area contributed by atoms with E-state index in [-0.39, 0.29) is 17.7 Å². The summed E-state index contributed by atoms with van der Waals surface area (Å²) in [6.07, 6.45) is 4.08. The third kappa shape index (κ3) is 5.15. The molecule has 0 aliphatic carbocycles. The topological polar surface area (TPSA) is 120 Å². The number of anilines is 1. The number of amides is 1. The van der Waals surface area contributed by atoms with Crippen LogP contribution in [0.3, 0.4) is 0 Å². The molecule has 1 aliphatic heterocycles. The summed E-state index contributed by atoms with van der Waals surface area (Å²) in [7, 11) is -3.20. The van der Waals surface area contributed by atoms with Gasteiger partial charge in [-0.25, -0.2) is 17.9 Å². The molecule has 10 heteroatoms. The van der Waals surface area contributed by atoms with E-state index in [2.05, 4.69) is 26.4 Å².